The second kappa shape index (κ2) is 9.89. The summed E-state index contributed by atoms with van der Waals surface area (Å²) in [6.07, 6.45) is 0.417. The van der Waals surface area contributed by atoms with E-state index in [0.717, 1.165) is 26.0 Å². The van der Waals surface area contributed by atoms with E-state index in [1.165, 1.54) is 4.90 Å². The summed E-state index contributed by atoms with van der Waals surface area (Å²) in [7, 11) is 3.42. The second-order valence-electron chi connectivity index (χ2n) is 5.37. The molecule has 132 valence electrons. The molecule has 2 rings (SSSR count). The maximum Gasteiger partial charge on any atom is 0.285 e. The summed E-state index contributed by atoms with van der Waals surface area (Å²) in [5.74, 6) is 0.655. The fourth-order valence-electron chi connectivity index (χ4n) is 1.87. The first kappa shape index (κ1) is 19.9. The van der Waals surface area contributed by atoms with Crippen molar-refractivity contribution in [1.29, 1.82) is 0 Å². The van der Waals surface area contributed by atoms with Gasteiger partial charge in [-0.15, -0.1) is 11.8 Å². The van der Waals surface area contributed by atoms with Crippen molar-refractivity contribution < 1.29 is 9.59 Å². The molecule has 0 saturated carbocycles. The van der Waals surface area contributed by atoms with Gasteiger partial charge in [0.2, 0.25) is 5.91 Å². The van der Waals surface area contributed by atoms with Gasteiger partial charge in [0, 0.05) is 46.2 Å². The molecular formula is C18H19BrN2O2S2. The third kappa shape index (κ3) is 6.76. The second-order valence-corrected chi connectivity index (χ2v) is 8.38. The summed E-state index contributed by atoms with van der Waals surface area (Å²) < 4.78 is 1.04. The monoisotopic (exact) mass is 438 g/mol. The topological polar surface area (TPSA) is 49.4 Å². The van der Waals surface area contributed by atoms with Crippen molar-refractivity contribution in [2.24, 2.45) is 0 Å². The lowest BCUT2D eigenvalue weighted by atomic mass is 10.3. The third-order valence-electron chi connectivity index (χ3n) is 3.11. The van der Waals surface area contributed by atoms with Crippen molar-refractivity contribution in [3.63, 3.8) is 0 Å². The average Bonchev–Trinajstić information content (AvgIpc) is 2.57. The lowest BCUT2D eigenvalue weighted by Crippen LogP contribution is -2.16. The molecule has 0 unspecified atom stereocenters. The minimum atomic E-state index is -0.0479. The summed E-state index contributed by atoms with van der Waals surface area (Å²) >= 11 is 6.28. The zero-order valence-corrected chi connectivity index (χ0v) is 17.2. The molecule has 0 fully saturated rings. The molecule has 0 heterocycles. The lowest BCUT2D eigenvalue weighted by molar-refractivity contribution is -0.115. The van der Waals surface area contributed by atoms with E-state index in [1.54, 1.807) is 25.9 Å². The van der Waals surface area contributed by atoms with Crippen LogP contribution in [0.1, 0.15) is 6.42 Å². The molecule has 7 heteroatoms. The van der Waals surface area contributed by atoms with Crippen LogP contribution in [0, 0.1) is 0 Å². The highest BCUT2D eigenvalue weighted by Crippen LogP contribution is 2.27. The van der Waals surface area contributed by atoms with Crippen molar-refractivity contribution in [1.82, 2.24) is 4.90 Å². The smallest absolute Gasteiger partial charge is 0.285 e. The van der Waals surface area contributed by atoms with Crippen molar-refractivity contribution in [2.75, 3.05) is 25.2 Å². The van der Waals surface area contributed by atoms with Gasteiger partial charge in [-0.05, 0) is 58.0 Å². The van der Waals surface area contributed by atoms with E-state index in [-0.39, 0.29) is 11.1 Å². The summed E-state index contributed by atoms with van der Waals surface area (Å²) in [6, 6.07) is 15.3. The number of rotatable bonds is 6. The first-order chi connectivity index (χ1) is 12.0. The molecule has 0 aromatic heterocycles. The number of nitrogens with one attached hydrogen (secondary N) is 1. The van der Waals surface area contributed by atoms with Crippen molar-refractivity contribution in [2.45, 2.75) is 16.2 Å². The van der Waals surface area contributed by atoms with Crippen LogP contribution in [0.4, 0.5) is 10.5 Å². The quantitative estimate of drug-likeness (QED) is 0.617. The van der Waals surface area contributed by atoms with Crippen molar-refractivity contribution >= 4 is 56.3 Å². The Morgan fingerprint density at radius 2 is 1.88 bits per heavy atom. The molecular weight excluding hydrogens is 420 g/mol. The average molecular weight is 439 g/mol. The zero-order chi connectivity index (χ0) is 18.2. The first-order valence-electron chi connectivity index (χ1n) is 7.62. The molecule has 0 aliphatic heterocycles. The van der Waals surface area contributed by atoms with Gasteiger partial charge in [-0.25, -0.2) is 0 Å². The standard InChI is InChI=1S/C18H19BrN2O2S2/c1-21(2)18(23)25-14-7-5-6-13(12-14)20-17(22)10-11-24-16-9-4-3-8-15(16)19/h3-9,12H,10-11H2,1-2H3,(H,20,22). The number of carbonyl (C=O) groups is 2. The predicted octanol–water partition coefficient (Wildman–Crippen LogP) is 5.34. The fraction of sp³-hybridized carbons (Fsp3) is 0.222. The van der Waals surface area contributed by atoms with Gasteiger partial charge in [-0.1, -0.05) is 18.2 Å². The van der Waals surface area contributed by atoms with Gasteiger partial charge in [0.1, 0.15) is 0 Å². The molecule has 0 radical (unpaired) electrons. The summed E-state index contributed by atoms with van der Waals surface area (Å²) in [4.78, 5) is 27.3. The molecule has 0 aliphatic carbocycles. The van der Waals surface area contributed by atoms with Crippen LogP contribution < -0.4 is 5.32 Å². The van der Waals surface area contributed by atoms with Crippen LogP contribution in [-0.4, -0.2) is 35.9 Å². The maximum absolute atomic E-state index is 12.1. The Hall–Kier alpha value is -1.44. The number of hydrogen-bond acceptors (Lipinski definition) is 4. The Morgan fingerprint density at radius 3 is 2.60 bits per heavy atom. The van der Waals surface area contributed by atoms with Crippen LogP contribution in [0.25, 0.3) is 0 Å². The number of amides is 2. The lowest BCUT2D eigenvalue weighted by Gasteiger charge is -2.10. The Morgan fingerprint density at radius 1 is 1.12 bits per heavy atom. The van der Waals surface area contributed by atoms with Crippen molar-refractivity contribution in [3.05, 3.63) is 53.0 Å². The number of hydrogen-bond donors (Lipinski definition) is 1. The van der Waals surface area contributed by atoms with Crippen LogP contribution in [0.2, 0.25) is 0 Å². The molecule has 25 heavy (non-hydrogen) atoms. The molecule has 4 nitrogen and oxygen atoms in total. The summed E-state index contributed by atoms with van der Waals surface area (Å²) in [5, 5.41) is 2.84. The molecule has 2 aromatic rings. The minimum absolute atomic E-state index is 0.0411. The SMILES string of the molecule is CN(C)C(=O)Sc1cccc(NC(=O)CCSc2ccccc2Br)c1. The minimum Gasteiger partial charge on any atom is -0.339 e. The van der Waals surface area contributed by atoms with Gasteiger partial charge in [0.05, 0.1) is 0 Å². The highest BCUT2D eigenvalue weighted by atomic mass is 79.9. The van der Waals surface area contributed by atoms with Gasteiger partial charge >= 0.3 is 0 Å². The highest BCUT2D eigenvalue weighted by Gasteiger charge is 2.09. The number of anilines is 1. The first-order valence-corrected chi connectivity index (χ1v) is 10.2. The van der Waals surface area contributed by atoms with E-state index in [1.807, 2.05) is 48.5 Å². The number of nitrogens with zero attached hydrogens (tertiary/aromatic N) is 1. The Balaban J connectivity index is 1.84. The predicted molar refractivity (Wildman–Crippen MR) is 109 cm³/mol. The number of halogens is 1. The third-order valence-corrected chi connectivity index (χ3v) is 6.17. The fourth-order valence-corrected chi connectivity index (χ4v) is 4.10. The van der Waals surface area contributed by atoms with E-state index in [0.29, 0.717) is 17.9 Å². The van der Waals surface area contributed by atoms with Gasteiger partial charge in [-0.2, -0.15) is 0 Å². The zero-order valence-electron chi connectivity index (χ0n) is 14.0. The number of benzene rings is 2. The summed E-state index contributed by atoms with van der Waals surface area (Å²) in [6.45, 7) is 0. The Bertz CT molecular complexity index is 753. The van der Waals surface area contributed by atoms with Gasteiger partial charge in [-0.3, -0.25) is 9.59 Å². The largest absolute Gasteiger partial charge is 0.339 e. The maximum atomic E-state index is 12.1. The Kier molecular flexibility index (Phi) is 7.87. The van der Waals surface area contributed by atoms with E-state index < -0.39 is 0 Å². The molecule has 2 aromatic carbocycles. The van der Waals surface area contributed by atoms with Crippen LogP contribution >= 0.6 is 39.5 Å². The van der Waals surface area contributed by atoms with Crippen LogP contribution in [-0.2, 0) is 4.79 Å². The van der Waals surface area contributed by atoms with E-state index in [9.17, 15) is 9.59 Å². The molecule has 1 N–H and O–H groups in total. The van der Waals surface area contributed by atoms with Gasteiger partial charge < -0.3 is 10.2 Å². The molecule has 0 bridgehead atoms. The molecule has 0 atom stereocenters. The van der Waals surface area contributed by atoms with E-state index in [4.69, 9.17) is 0 Å². The van der Waals surface area contributed by atoms with Crippen molar-refractivity contribution in [3.8, 4) is 0 Å². The van der Waals surface area contributed by atoms with Crippen LogP contribution in [0.3, 0.4) is 0 Å². The van der Waals surface area contributed by atoms with Gasteiger partial charge in [0.15, 0.2) is 0 Å². The molecule has 2 amide bonds. The normalized spacial score (nSPS) is 10.4. The molecule has 0 aliphatic rings. The summed E-state index contributed by atoms with van der Waals surface area (Å²) in [5.41, 5.74) is 0.701. The van der Waals surface area contributed by atoms with Crippen LogP contribution in [0.5, 0.6) is 0 Å². The Labute approximate surface area is 164 Å². The van der Waals surface area contributed by atoms with E-state index >= 15 is 0 Å². The molecule has 0 saturated heterocycles. The van der Waals surface area contributed by atoms with Crippen LogP contribution in [0.15, 0.2) is 62.8 Å². The van der Waals surface area contributed by atoms with Gasteiger partial charge in [0.25, 0.3) is 5.24 Å². The molecule has 0 spiro atoms. The number of thioether (sulfide) groups is 2. The van der Waals surface area contributed by atoms with E-state index in [2.05, 4.69) is 21.2 Å². The number of carbonyl (C=O) groups excluding carboxylic acids is 2. The highest BCUT2D eigenvalue weighted by molar-refractivity contribution is 9.10.